The van der Waals surface area contributed by atoms with E-state index in [1.807, 2.05) is 13.3 Å². The zero-order chi connectivity index (χ0) is 19.3. The molecule has 0 aliphatic heterocycles. The van der Waals surface area contributed by atoms with Crippen LogP contribution in [0.4, 0.5) is 0 Å². The standard InChI is InChI=1S/C24H48O2/c1-5-8-10-12-14-16-18-20-24(19-17-15-13-11-9-6-2)26-22-23(4)25-21-7-3/h7,23-24H,4-6,8-22H2,1-3H3. The third kappa shape index (κ3) is 18.7. The molecule has 0 saturated carbocycles. The van der Waals surface area contributed by atoms with E-state index in [-0.39, 0.29) is 6.10 Å². The van der Waals surface area contributed by atoms with Crippen molar-refractivity contribution in [3.63, 3.8) is 0 Å². The monoisotopic (exact) mass is 368 g/mol. The predicted octanol–water partition coefficient (Wildman–Crippen LogP) is 7.71. The predicted molar refractivity (Wildman–Crippen MR) is 115 cm³/mol. The molecule has 0 aliphatic rings. The van der Waals surface area contributed by atoms with Gasteiger partial charge in [0.15, 0.2) is 0 Å². The van der Waals surface area contributed by atoms with Crippen molar-refractivity contribution in [2.45, 2.75) is 129 Å². The summed E-state index contributed by atoms with van der Waals surface area (Å²) in [5.74, 6) is 0. The fraction of sp³-hybridized carbons (Fsp3) is 0.917. The molecule has 0 bridgehead atoms. The van der Waals surface area contributed by atoms with Gasteiger partial charge in [0.05, 0.1) is 18.8 Å². The highest BCUT2D eigenvalue weighted by Gasteiger charge is 2.11. The van der Waals surface area contributed by atoms with Gasteiger partial charge in [-0.1, -0.05) is 104 Å². The molecular formula is C24H48O2. The minimum atomic E-state index is -0.0488. The van der Waals surface area contributed by atoms with Crippen LogP contribution < -0.4 is 0 Å². The van der Waals surface area contributed by atoms with Crippen LogP contribution in [-0.4, -0.2) is 25.4 Å². The fourth-order valence-electron chi connectivity index (χ4n) is 3.32. The summed E-state index contributed by atoms with van der Waals surface area (Å²) in [7, 11) is 0. The summed E-state index contributed by atoms with van der Waals surface area (Å²) in [5, 5.41) is 0. The van der Waals surface area contributed by atoms with E-state index in [1.54, 1.807) is 0 Å². The Balaban J connectivity index is 3.91. The lowest BCUT2D eigenvalue weighted by molar-refractivity contribution is -0.0278. The summed E-state index contributed by atoms with van der Waals surface area (Å²) in [6.45, 7) is 11.9. The molecule has 0 fully saturated rings. The van der Waals surface area contributed by atoms with E-state index in [1.165, 1.54) is 96.3 Å². The number of unbranched alkanes of at least 4 members (excludes halogenated alkanes) is 11. The van der Waals surface area contributed by atoms with Gasteiger partial charge in [-0.15, -0.1) is 0 Å². The maximum absolute atomic E-state index is 6.17. The molecule has 2 heteroatoms. The Kier molecular flexibility index (Phi) is 21.2. The van der Waals surface area contributed by atoms with Gasteiger partial charge >= 0.3 is 0 Å². The third-order valence-corrected chi connectivity index (χ3v) is 5.03. The van der Waals surface area contributed by atoms with Crippen LogP contribution in [0.1, 0.15) is 117 Å². The van der Waals surface area contributed by atoms with Gasteiger partial charge in [-0.3, -0.25) is 0 Å². The molecule has 2 nitrogen and oxygen atoms in total. The molecule has 2 unspecified atom stereocenters. The highest BCUT2D eigenvalue weighted by molar-refractivity contribution is 4.66. The largest absolute Gasteiger partial charge is 0.376 e. The second-order valence-corrected chi connectivity index (χ2v) is 7.79. The highest BCUT2D eigenvalue weighted by atomic mass is 16.5. The molecule has 0 aromatic heterocycles. The lowest BCUT2D eigenvalue weighted by Crippen LogP contribution is -2.23. The van der Waals surface area contributed by atoms with Crippen molar-refractivity contribution in [1.29, 1.82) is 0 Å². The van der Waals surface area contributed by atoms with Crippen LogP contribution in [0.2, 0.25) is 0 Å². The summed E-state index contributed by atoms with van der Waals surface area (Å²) in [6, 6.07) is 0. The number of ether oxygens (including phenoxy) is 2. The van der Waals surface area contributed by atoms with Crippen molar-refractivity contribution in [3.8, 4) is 0 Å². The number of rotatable bonds is 21. The average Bonchev–Trinajstić information content (AvgIpc) is 2.65. The second kappa shape index (κ2) is 21.2. The maximum atomic E-state index is 6.17. The quantitative estimate of drug-likeness (QED) is 0.193. The molecule has 0 N–H and O–H groups in total. The Morgan fingerprint density at radius 3 is 1.62 bits per heavy atom. The minimum Gasteiger partial charge on any atom is -0.376 e. The molecule has 2 atom stereocenters. The van der Waals surface area contributed by atoms with Gasteiger partial charge in [-0.2, -0.15) is 0 Å². The van der Waals surface area contributed by atoms with Gasteiger partial charge in [0.25, 0.3) is 0 Å². The minimum absolute atomic E-state index is 0.0488. The number of hydrogen-bond donors (Lipinski definition) is 0. The van der Waals surface area contributed by atoms with Crippen molar-refractivity contribution in [3.05, 3.63) is 13.3 Å². The van der Waals surface area contributed by atoms with Crippen LogP contribution in [0, 0.1) is 13.3 Å². The summed E-state index contributed by atoms with van der Waals surface area (Å²) < 4.78 is 11.8. The zero-order valence-electron chi connectivity index (χ0n) is 18.3. The molecule has 0 aliphatic carbocycles. The molecule has 0 heterocycles. The van der Waals surface area contributed by atoms with E-state index in [2.05, 4.69) is 20.8 Å². The van der Waals surface area contributed by atoms with E-state index in [9.17, 15) is 0 Å². The van der Waals surface area contributed by atoms with E-state index >= 15 is 0 Å². The molecule has 0 amide bonds. The van der Waals surface area contributed by atoms with Crippen molar-refractivity contribution in [2.24, 2.45) is 0 Å². The lowest BCUT2D eigenvalue weighted by atomic mass is 10.0. The van der Waals surface area contributed by atoms with Gasteiger partial charge in [-0.05, 0) is 26.2 Å². The van der Waals surface area contributed by atoms with Gasteiger partial charge < -0.3 is 9.47 Å². The first kappa shape index (κ1) is 25.9. The second-order valence-electron chi connectivity index (χ2n) is 7.79. The van der Waals surface area contributed by atoms with Crippen molar-refractivity contribution >= 4 is 0 Å². The van der Waals surface area contributed by atoms with Crippen LogP contribution in [0.15, 0.2) is 0 Å². The maximum Gasteiger partial charge on any atom is 0.0809 e. The van der Waals surface area contributed by atoms with E-state index < -0.39 is 0 Å². The molecule has 0 saturated heterocycles. The summed E-state index contributed by atoms with van der Waals surface area (Å²) in [5.41, 5.74) is 0. The molecule has 26 heavy (non-hydrogen) atoms. The van der Waals surface area contributed by atoms with Gasteiger partial charge in [0.2, 0.25) is 0 Å². The van der Waals surface area contributed by atoms with E-state index in [4.69, 9.17) is 9.47 Å². The summed E-state index contributed by atoms with van der Waals surface area (Å²) >= 11 is 0. The topological polar surface area (TPSA) is 18.5 Å². The lowest BCUT2D eigenvalue weighted by Gasteiger charge is -2.21. The Bertz CT molecular complexity index is 255. The number of hydrogen-bond acceptors (Lipinski definition) is 2. The zero-order valence-corrected chi connectivity index (χ0v) is 18.3. The summed E-state index contributed by atoms with van der Waals surface area (Å²) in [6.07, 6.45) is 22.5. The Labute approximate surface area is 165 Å². The molecule has 0 spiro atoms. The first-order chi connectivity index (χ1) is 12.7. The first-order valence-electron chi connectivity index (χ1n) is 11.6. The van der Waals surface area contributed by atoms with Crippen LogP contribution in [0.5, 0.6) is 0 Å². The Hall–Kier alpha value is -0.0800. The molecule has 0 rings (SSSR count). The molecule has 0 aromatic carbocycles. The first-order valence-corrected chi connectivity index (χ1v) is 11.6. The molecule has 156 valence electrons. The van der Waals surface area contributed by atoms with Crippen LogP contribution in [0.3, 0.4) is 0 Å². The van der Waals surface area contributed by atoms with Crippen LogP contribution >= 0.6 is 0 Å². The molecular weight excluding hydrogens is 320 g/mol. The van der Waals surface area contributed by atoms with Gasteiger partial charge in [0, 0.05) is 6.61 Å². The van der Waals surface area contributed by atoms with Crippen molar-refractivity contribution in [1.82, 2.24) is 0 Å². The Morgan fingerprint density at radius 2 is 1.15 bits per heavy atom. The SMILES string of the molecule is [CH2]C(COC(CCCCCCCC)CCCCCCCCC)OC[CH]C. The fourth-order valence-corrected chi connectivity index (χ4v) is 3.32. The molecule has 0 aromatic rings. The normalized spacial score (nSPS) is 13.8. The van der Waals surface area contributed by atoms with Gasteiger partial charge in [-0.25, -0.2) is 0 Å². The third-order valence-electron chi connectivity index (χ3n) is 5.03. The van der Waals surface area contributed by atoms with Crippen LogP contribution in [0.25, 0.3) is 0 Å². The average molecular weight is 369 g/mol. The molecule has 2 radical (unpaired) electrons. The Morgan fingerprint density at radius 1 is 0.692 bits per heavy atom. The van der Waals surface area contributed by atoms with E-state index in [0.29, 0.717) is 19.3 Å². The van der Waals surface area contributed by atoms with E-state index in [0.717, 1.165) is 0 Å². The highest BCUT2D eigenvalue weighted by Crippen LogP contribution is 2.17. The van der Waals surface area contributed by atoms with Crippen molar-refractivity contribution < 1.29 is 9.47 Å². The van der Waals surface area contributed by atoms with Crippen molar-refractivity contribution in [2.75, 3.05) is 13.2 Å². The smallest absolute Gasteiger partial charge is 0.0809 e. The van der Waals surface area contributed by atoms with Crippen LogP contribution in [-0.2, 0) is 9.47 Å². The van der Waals surface area contributed by atoms with Gasteiger partial charge in [0.1, 0.15) is 0 Å². The summed E-state index contributed by atoms with van der Waals surface area (Å²) in [4.78, 5) is 0.